The van der Waals surface area contributed by atoms with E-state index >= 15 is 0 Å². The van der Waals surface area contributed by atoms with Crippen LogP contribution in [0.1, 0.15) is 83.1 Å². The van der Waals surface area contributed by atoms with Gasteiger partial charge in [0.15, 0.2) is 0 Å². The quantitative estimate of drug-likeness (QED) is 0.244. The van der Waals surface area contributed by atoms with Crippen LogP contribution in [0.5, 0.6) is 17.2 Å². The molecule has 7 heteroatoms. The van der Waals surface area contributed by atoms with Crippen molar-refractivity contribution in [1.82, 2.24) is 0 Å². The zero-order valence-corrected chi connectivity index (χ0v) is 22.3. The van der Waals surface area contributed by atoms with E-state index in [1.165, 1.54) is 76.3 Å². The van der Waals surface area contributed by atoms with Gasteiger partial charge in [-0.2, -0.15) is 8.42 Å². The first-order chi connectivity index (χ1) is 14.9. The van der Waals surface area contributed by atoms with Crippen LogP contribution < -0.4 is 39.4 Å². The Morgan fingerprint density at radius 1 is 0.812 bits per heavy atom. The third-order valence-corrected chi connectivity index (χ3v) is 6.30. The zero-order chi connectivity index (χ0) is 22.5. The maximum absolute atomic E-state index is 12.2. The summed E-state index contributed by atoms with van der Waals surface area (Å²) in [5.41, 5.74) is 1.02. The molecule has 0 aromatic heterocycles. The van der Waals surface area contributed by atoms with Gasteiger partial charge in [0.25, 0.3) is 10.1 Å². The SMILES string of the molecule is CCCCCCCCCCCCCc1ccccc1Oc1ccc(S(=O)(=O)O)cc1[O-].[Na+]. The van der Waals surface area contributed by atoms with E-state index in [1.807, 2.05) is 24.3 Å². The Labute approximate surface area is 215 Å². The number of ether oxygens (including phenoxy) is 1. The van der Waals surface area contributed by atoms with Crippen LogP contribution in [0.4, 0.5) is 0 Å². The molecule has 2 aromatic carbocycles. The van der Waals surface area contributed by atoms with Gasteiger partial charge in [-0.05, 0) is 42.7 Å². The average Bonchev–Trinajstić information content (AvgIpc) is 2.73. The van der Waals surface area contributed by atoms with E-state index in [2.05, 4.69) is 6.92 Å². The van der Waals surface area contributed by atoms with Gasteiger partial charge in [-0.1, -0.05) is 95.1 Å². The Morgan fingerprint density at radius 3 is 1.94 bits per heavy atom. The average molecular weight is 471 g/mol. The van der Waals surface area contributed by atoms with Crippen LogP contribution in [0.25, 0.3) is 0 Å². The molecule has 0 unspecified atom stereocenters. The number of benzene rings is 2. The first-order valence-corrected chi connectivity index (χ1v) is 12.9. The number of hydrogen-bond donors (Lipinski definition) is 1. The van der Waals surface area contributed by atoms with Crippen LogP contribution >= 0.6 is 0 Å². The van der Waals surface area contributed by atoms with Gasteiger partial charge in [0.1, 0.15) is 11.5 Å². The summed E-state index contributed by atoms with van der Waals surface area (Å²) in [4.78, 5) is -0.431. The zero-order valence-electron chi connectivity index (χ0n) is 19.5. The van der Waals surface area contributed by atoms with Crippen molar-refractivity contribution in [2.45, 2.75) is 88.9 Å². The van der Waals surface area contributed by atoms with Crippen LogP contribution in [0.3, 0.4) is 0 Å². The van der Waals surface area contributed by atoms with Crippen LogP contribution in [0, 0.1) is 0 Å². The molecule has 0 heterocycles. The second kappa shape index (κ2) is 15.7. The molecule has 0 aliphatic heterocycles. The van der Waals surface area contributed by atoms with E-state index in [4.69, 9.17) is 9.29 Å². The molecule has 0 spiro atoms. The summed E-state index contributed by atoms with van der Waals surface area (Å²) in [6, 6.07) is 10.9. The molecule has 172 valence electrons. The number of rotatable bonds is 15. The maximum atomic E-state index is 12.2. The molecule has 0 amide bonds. The van der Waals surface area contributed by atoms with E-state index in [0.29, 0.717) is 5.75 Å². The predicted octanol–water partition coefficient (Wildman–Crippen LogP) is 3.66. The summed E-state index contributed by atoms with van der Waals surface area (Å²) in [5.74, 6) is 0.0599. The molecule has 0 radical (unpaired) electrons. The van der Waals surface area contributed by atoms with E-state index in [1.54, 1.807) is 0 Å². The number of aryl methyl sites for hydroxylation is 1. The molecule has 0 atom stereocenters. The summed E-state index contributed by atoms with van der Waals surface area (Å²) in [6.07, 6.45) is 15.0. The molecule has 0 bridgehead atoms. The van der Waals surface area contributed by atoms with E-state index in [0.717, 1.165) is 24.5 Å². The van der Waals surface area contributed by atoms with Gasteiger partial charge in [0.05, 0.1) is 4.90 Å². The molecular formula is C25H35NaO5S. The first-order valence-electron chi connectivity index (χ1n) is 11.5. The van der Waals surface area contributed by atoms with Crippen molar-refractivity contribution in [1.29, 1.82) is 0 Å². The number of para-hydroxylation sites is 1. The summed E-state index contributed by atoms with van der Waals surface area (Å²) in [5, 5.41) is 12.2. The minimum absolute atomic E-state index is 0. The molecule has 0 saturated carbocycles. The second-order valence-corrected chi connectivity index (χ2v) is 9.50. The van der Waals surface area contributed by atoms with Crippen LogP contribution in [0.15, 0.2) is 47.4 Å². The minimum atomic E-state index is -4.41. The number of hydrogen-bond acceptors (Lipinski definition) is 4. The van der Waals surface area contributed by atoms with Gasteiger partial charge >= 0.3 is 29.6 Å². The third kappa shape index (κ3) is 10.7. The topological polar surface area (TPSA) is 86.7 Å². The Morgan fingerprint density at radius 2 is 1.38 bits per heavy atom. The molecule has 2 rings (SSSR count). The van der Waals surface area contributed by atoms with Crippen LogP contribution in [0.2, 0.25) is 0 Å². The monoisotopic (exact) mass is 470 g/mol. The Hall–Kier alpha value is -1.05. The predicted molar refractivity (Wildman–Crippen MR) is 122 cm³/mol. The maximum Gasteiger partial charge on any atom is 1.00 e. The van der Waals surface area contributed by atoms with Crippen molar-refractivity contribution in [2.24, 2.45) is 0 Å². The van der Waals surface area contributed by atoms with Crippen molar-refractivity contribution >= 4 is 10.1 Å². The van der Waals surface area contributed by atoms with Crippen LogP contribution in [-0.2, 0) is 16.5 Å². The minimum Gasteiger partial charge on any atom is -0.870 e. The number of unbranched alkanes of at least 4 members (excludes halogenated alkanes) is 10. The van der Waals surface area contributed by atoms with Gasteiger partial charge in [0, 0.05) is 0 Å². The van der Waals surface area contributed by atoms with Gasteiger partial charge < -0.3 is 9.84 Å². The van der Waals surface area contributed by atoms with E-state index < -0.39 is 20.8 Å². The van der Waals surface area contributed by atoms with Gasteiger partial charge in [-0.15, -0.1) is 0 Å². The summed E-state index contributed by atoms with van der Waals surface area (Å²) in [7, 11) is -4.41. The fourth-order valence-corrected chi connectivity index (χ4v) is 4.14. The smallest absolute Gasteiger partial charge is 0.870 e. The van der Waals surface area contributed by atoms with Gasteiger partial charge in [-0.25, -0.2) is 0 Å². The van der Waals surface area contributed by atoms with Gasteiger partial charge in [0.2, 0.25) is 0 Å². The first kappa shape index (κ1) is 29.0. The molecule has 0 aliphatic rings. The molecule has 1 N–H and O–H groups in total. The summed E-state index contributed by atoms with van der Waals surface area (Å²) in [6.45, 7) is 2.25. The van der Waals surface area contributed by atoms with E-state index in [9.17, 15) is 13.5 Å². The fourth-order valence-electron chi connectivity index (χ4n) is 3.64. The largest absolute Gasteiger partial charge is 1.00 e. The second-order valence-electron chi connectivity index (χ2n) is 8.08. The van der Waals surface area contributed by atoms with Crippen molar-refractivity contribution in [2.75, 3.05) is 0 Å². The molecule has 0 fully saturated rings. The molecule has 5 nitrogen and oxygen atoms in total. The Kier molecular flexibility index (Phi) is 14.2. The Balaban J connectivity index is 0.00000512. The van der Waals surface area contributed by atoms with Crippen molar-refractivity contribution in [3.8, 4) is 17.2 Å². The molecule has 0 aliphatic carbocycles. The van der Waals surface area contributed by atoms with Crippen molar-refractivity contribution in [3.63, 3.8) is 0 Å². The molecule has 32 heavy (non-hydrogen) atoms. The van der Waals surface area contributed by atoms with Gasteiger partial charge in [-0.3, -0.25) is 4.55 Å². The normalized spacial score (nSPS) is 11.2. The van der Waals surface area contributed by atoms with Crippen molar-refractivity contribution in [3.05, 3.63) is 48.0 Å². The van der Waals surface area contributed by atoms with E-state index in [-0.39, 0.29) is 35.3 Å². The Bertz CT molecular complexity index is 899. The standard InChI is InChI=1S/C25H36O5S.Na/c1-2-3-4-5-6-7-8-9-10-11-12-15-21-16-13-14-17-24(21)30-25-19-18-22(20-23(25)26)31(27,28)29;/h13-14,16-20,26H,2-12,15H2,1H3,(H,27,28,29);/q;+1/p-1. The summed E-state index contributed by atoms with van der Waals surface area (Å²) < 4.78 is 37.2. The molecular weight excluding hydrogens is 435 g/mol. The third-order valence-electron chi connectivity index (χ3n) is 5.46. The summed E-state index contributed by atoms with van der Waals surface area (Å²) >= 11 is 0. The van der Waals surface area contributed by atoms with Crippen molar-refractivity contribution < 1.29 is 52.4 Å². The molecule has 0 saturated heterocycles. The molecule has 2 aromatic rings. The fraction of sp³-hybridized carbons (Fsp3) is 0.520. The van der Waals surface area contributed by atoms with Crippen LogP contribution in [-0.4, -0.2) is 13.0 Å².